The van der Waals surface area contributed by atoms with Gasteiger partial charge in [0.05, 0.1) is 12.4 Å². The van der Waals surface area contributed by atoms with Crippen molar-refractivity contribution in [1.82, 2.24) is 0 Å². The summed E-state index contributed by atoms with van der Waals surface area (Å²) >= 11 is 5.84. The van der Waals surface area contributed by atoms with Crippen molar-refractivity contribution in [2.45, 2.75) is 12.5 Å². The van der Waals surface area contributed by atoms with E-state index in [1.54, 1.807) is 12.1 Å². The number of hydrogen-bond acceptors (Lipinski definition) is 1. The first-order chi connectivity index (χ1) is 6.24. The van der Waals surface area contributed by atoms with E-state index in [4.69, 9.17) is 11.6 Å². The molecule has 1 atom stereocenters. The molecule has 0 saturated carbocycles. The van der Waals surface area contributed by atoms with Gasteiger partial charge in [-0.25, -0.2) is 4.39 Å². The fourth-order valence-corrected chi connectivity index (χ4v) is 1.25. The first-order valence-corrected chi connectivity index (χ1v) is 4.30. The molecule has 0 aliphatic heterocycles. The summed E-state index contributed by atoms with van der Waals surface area (Å²) in [5.74, 6) is 0. The van der Waals surface area contributed by atoms with Crippen LogP contribution in [-0.4, -0.2) is 11.2 Å². The number of hydrogen-bond donors (Lipinski definition) is 1. The summed E-state index contributed by atoms with van der Waals surface area (Å²) in [6.07, 6.45) is 0.940. The lowest BCUT2D eigenvalue weighted by molar-refractivity contribution is 0.222. The van der Waals surface area contributed by atoms with E-state index in [0.717, 1.165) is 11.6 Å². The van der Waals surface area contributed by atoms with Gasteiger partial charge in [0.1, 0.15) is 0 Å². The zero-order chi connectivity index (χ0) is 9.68. The van der Waals surface area contributed by atoms with Crippen LogP contribution >= 0.6 is 11.6 Å². The number of aliphatic hydroxyl groups excluding tert-OH is 1. The van der Waals surface area contributed by atoms with Gasteiger partial charge in [0.2, 0.25) is 0 Å². The minimum Gasteiger partial charge on any atom is -0.389 e. The molecule has 0 aromatic heterocycles. The van der Waals surface area contributed by atoms with Gasteiger partial charge in [-0.05, 0) is 17.7 Å². The van der Waals surface area contributed by atoms with E-state index < -0.39 is 6.10 Å². The number of benzene rings is 1. The molecule has 3 heteroatoms. The molecule has 0 aliphatic carbocycles. The molecule has 0 spiro atoms. The zero-order valence-electron chi connectivity index (χ0n) is 6.95. The Hall–Kier alpha value is -0.860. The Labute approximate surface area is 81.5 Å². The molecule has 1 unspecified atom stereocenters. The Morgan fingerprint density at radius 3 is 2.77 bits per heavy atom. The Morgan fingerprint density at radius 1 is 1.46 bits per heavy atom. The van der Waals surface area contributed by atoms with E-state index in [2.05, 4.69) is 0 Å². The fraction of sp³-hybridized carbons (Fsp3) is 0.200. The van der Waals surface area contributed by atoms with Gasteiger partial charge in [-0.1, -0.05) is 29.8 Å². The van der Waals surface area contributed by atoms with Crippen LogP contribution in [0.5, 0.6) is 0 Å². The third kappa shape index (κ3) is 3.17. The molecule has 70 valence electrons. The van der Waals surface area contributed by atoms with Gasteiger partial charge in [-0.15, -0.1) is 0 Å². The molecule has 1 rings (SSSR count). The summed E-state index contributed by atoms with van der Waals surface area (Å²) in [5.41, 5.74) is 0.815. The van der Waals surface area contributed by atoms with E-state index >= 15 is 0 Å². The number of aliphatic hydroxyl groups is 1. The van der Waals surface area contributed by atoms with E-state index in [1.807, 2.05) is 12.1 Å². The Bertz CT molecular complexity index is 299. The van der Waals surface area contributed by atoms with Crippen molar-refractivity contribution in [3.05, 3.63) is 47.3 Å². The highest BCUT2D eigenvalue weighted by atomic mass is 35.5. The van der Waals surface area contributed by atoms with Crippen LogP contribution in [0.4, 0.5) is 4.39 Å². The van der Waals surface area contributed by atoms with E-state index in [1.165, 1.54) is 0 Å². The summed E-state index contributed by atoms with van der Waals surface area (Å²) < 4.78 is 11.7. The SMILES string of the molecule is OC(C=CF)Cc1ccccc1Cl. The molecule has 1 N–H and O–H groups in total. The van der Waals surface area contributed by atoms with Crippen molar-refractivity contribution in [1.29, 1.82) is 0 Å². The smallest absolute Gasteiger partial charge is 0.0852 e. The quantitative estimate of drug-likeness (QED) is 0.796. The highest BCUT2D eigenvalue weighted by Crippen LogP contribution is 2.16. The first-order valence-electron chi connectivity index (χ1n) is 3.92. The van der Waals surface area contributed by atoms with Crippen LogP contribution in [-0.2, 0) is 6.42 Å². The standard InChI is InChI=1S/C10H10ClFO/c11-10-4-2-1-3-8(10)7-9(13)5-6-12/h1-6,9,13H,7H2. The predicted octanol–water partition coefficient (Wildman–Crippen LogP) is 2.73. The molecular formula is C10H10ClFO. The summed E-state index contributed by atoms with van der Waals surface area (Å²) in [6.45, 7) is 0. The molecular weight excluding hydrogens is 191 g/mol. The normalized spacial score (nSPS) is 13.5. The maximum Gasteiger partial charge on any atom is 0.0852 e. The molecule has 0 bridgehead atoms. The number of halogens is 2. The molecule has 1 aromatic carbocycles. The van der Waals surface area contributed by atoms with Crippen LogP contribution in [0, 0.1) is 0 Å². The lowest BCUT2D eigenvalue weighted by Gasteiger charge is -2.06. The van der Waals surface area contributed by atoms with Gasteiger partial charge >= 0.3 is 0 Å². The van der Waals surface area contributed by atoms with Crippen LogP contribution in [0.2, 0.25) is 5.02 Å². The largest absolute Gasteiger partial charge is 0.389 e. The Balaban J connectivity index is 2.68. The average molecular weight is 201 g/mol. The second-order valence-corrected chi connectivity index (χ2v) is 3.09. The van der Waals surface area contributed by atoms with Gasteiger partial charge in [-0.3, -0.25) is 0 Å². The molecule has 1 nitrogen and oxygen atoms in total. The zero-order valence-corrected chi connectivity index (χ0v) is 7.71. The first kappa shape index (κ1) is 10.2. The summed E-state index contributed by atoms with van der Waals surface area (Å²) in [5, 5.41) is 9.83. The summed E-state index contributed by atoms with van der Waals surface area (Å²) in [4.78, 5) is 0. The van der Waals surface area contributed by atoms with Gasteiger partial charge in [-0.2, -0.15) is 0 Å². The maximum atomic E-state index is 11.7. The second kappa shape index (κ2) is 5.00. The Kier molecular flexibility index (Phi) is 3.93. The average Bonchev–Trinajstić information content (AvgIpc) is 2.09. The van der Waals surface area contributed by atoms with Crippen molar-refractivity contribution in [2.75, 3.05) is 0 Å². The lowest BCUT2D eigenvalue weighted by atomic mass is 10.1. The summed E-state index contributed by atoms with van der Waals surface area (Å²) in [6, 6.07) is 7.18. The Morgan fingerprint density at radius 2 is 2.15 bits per heavy atom. The van der Waals surface area contributed by atoms with Crippen molar-refractivity contribution in [3.63, 3.8) is 0 Å². The van der Waals surface area contributed by atoms with Crippen LogP contribution in [0.3, 0.4) is 0 Å². The van der Waals surface area contributed by atoms with Crippen LogP contribution in [0.1, 0.15) is 5.56 Å². The third-order valence-corrected chi connectivity index (χ3v) is 2.05. The molecule has 0 fully saturated rings. The predicted molar refractivity (Wildman–Crippen MR) is 51.4 cm³/mol. The van der Waals surface area contributed by atoms with Crippen molar-refractivity contribution in [3.8, 4) is 0 Å². The van der Waals surface area contributed by atoms with Crippen molar-refractivity contribution >= 4 is 11.6 Å². The van der Waals surface area contributed by atoms with Gasteiger partial charge in [0.15, 0.2) is 0 Å². The third-order valence-electron chi connectivity index (χ3n) is 1.68. The van der Waals surface area contributed by atoms with Crippen LogP contribution < -0.4 is 0 Å². The van der Waals surface area contributed by atoms with Crippen LogP contribution in [0.25, 0.3) is 0 Å². The maximum absolute atomic E-state index is 11.7. The van der Waals surface area contributed by atoms with Gasteiger partial charge in [0.25, 0.3) is 0 Å². The molecule has 0 amide bonds. The topological polar surface area (TPSA) is 20.2 Å². The van der Waals surface area contributed by atoms with Gasteiger partial charge in [0, 0.05) is 11.4 Å². The van der Waals surface area contributed by atoms with E-state index in [-0.39, 0.29) is 0 Å². The molecule has 1 aromatic rings. The molecule has 0 radical (unpaired) electrons. The van der Waals surface area contributed by atoms with Gasteiger partial charge < -0.3 is 5.11 Å². The number of rotatable bonds is 3. The minimum absolute atomic E-state index is 0.333. The van der Waals surface area contributed by atoms with E-state index in [9.17, 15) is 9.50 Å². The molecule has 13 heavy (non-hydrogen) atoms. The van der Waals surface area contributed by atoms with Crippen molar-refractivity contribution in [2.24, 2.45) is 0 Å². The minimum atomic E-state index is -0.815. The molecule has 0 heterocycles. The highest BCUT2D eigenvalue weighted by molar-refractivity contribution is 6.31. The molecule has 0 saturated heterocycles. The second-order valence-electron chi connectivity index (χ2n) is 2.68. The molecule has 0 aliphatic rings. The summed E-state index contributed by atoms with van der Waals surface area (Å²) in [7, 11) is 0. The van der Waals surface area contributed by atoms with Crippen LogP contribution in [0.15, 0.2) is 36.7 Å². The highest BCUT2D eigenvalue weighted by Gasteiger charge is 2.04. The monoisotopic (exact) mass is 200 g/mol. The lowest BCUT2D eigenvalue weighted by Crippen LogP contribution is -2.06. The van der Waals surface area contributed by atoms with E-state index in [0.29, 0.717) is 17.8 Å². The fourth-order valence-electron chi connectivity index (χ4n) is 1.04. The van der Waals surface area contributed by atoms with Crippen molar-refractivity contribution < 1.29 is 9.50 Å².